The van der Waals surface area contributed by atoms with Crippen LogP contribution in [0, 0.1) is 0 Å². The molecule has 1 aliphatic heterocycles. The second-order valence-corrected chi connectivity index (χ2v) is 6.56. The molecule has 0 bridgehead atoms. The molecule has 0 aromatic heterocycles. The molecule has 0 spiro atoms. The summed E-state index contributed by atoms with van der Waals surface area (Å²) in [5.41, 5.74) is 1.38. The summed E-state index contributed by atoms with van der Waals surface area (Å²) in [7, 11) is -3.33. The molecule has 3 nitrogen and oxygen atoms in total. The van der Waals surface area contributed by atoms with Crippen molar-refractivity contribution in [1.82, 2.24) is 0 Å². The van der Waals surface area contributed by atoms with E-state index in [9.17, 15) is 13.5 Å². The molecule has 0 aliphatic carbocycles. The number of halogens is 1. The summed E-state index contributed by atoms with van der Waals surface area (Å²) in [5.74, 6) is 0. The monoisotopic (exact) mass is 302 g/mol. The van der Waals surface area contributed by atoms with Gasteiger partial charge in [-0.2, -0.15) is 0 Å². The molecule has 0 fully saturated rings. The highest BCUT2D eigenvalue weighted by Crippen LogP contribution is 2.37. The zero-order valence-electron chi connectivity index (χ0n) is 8.64. The Bertz CT molecular complexity index is 559. The van der Waals surface area contributed by atoms with Gasteiger partial charge in [-0.15, -0.1) is 0 Å². The third kappa shape index (κ3) is 2.07. The number of aliphatic hydroxyl groups excluding tert-OH is 1. The molecule has 86 valence electrons. The summed E-state index contributed by atoms with van der Waals surface area (Å²) in [6, 6.07) is 5.16. The lowest BCUT2D eigenvalue weighted by atomic mass is 10.0. The molecular weight excluding hydrogens is 292 g/mol. The van der Waals surface area contributed by atoms with Crippen LogP contribution in [0.3, 0.4) is 0 Å². The lowest BCUT2D eigenvalue weighted by molar-refractivity contribution is 0.201. The van der Waals surface area contributed by atoms with Gasteiger partial charge in [0.2, 0.25) is 9.84 Å². The van der Waals surface area contributed by atoms with E-state index in [-0.39, 0.29) is 0 Å². The normalized spacial score (nSPS) is 19.1. The Balaban J connectivity index is 2.56. The second-order valence-electron chi connectivity index (χ2n) is 3.88. The third-order valence-electron chi connectivity index (χ3n) is 2.41. The van der Waals surface area contributed by atoms with Crippen molar-refractivity contribution in [3.8, 4) is 0 Å². The van der Waals surface area contributed by atoms with E-state index in [1.165, 1.54) is 5.41 Å². The maximum atomic E-state index is 11.8. The van der Waals surface area contributed by atoms with E-state index in [2.05, 4.69) is 15.9 Å². The van der Waals surface area contributed by atoms with Crippen molar-refractivity contribution in [2.45, 2.75) is 24.3 Å². The molecule has 0 amide bonds. The number of sulfone groups is 1. The van der Waals surface area contributed by atoms with E-state index >= 15 is 0 Å². The predicted molar refractivity (Wildman–Crippen MR) is 65.6 cm³/mol. The van der Waals surface area contributed by atoms with Crippen molar-refractivity contribution in [1.29, 1.82) is 0 Å². The maximum Gasteiger partial charge on any atom is 0.200 e. The fourth-order valence-corrected chi connectivity index (χ4v) is 3.82. The average molecular weight is 303 g/mol. The van der Waals surface area contributed by atoms with Gasteiger partial charge in [0.25, 0.3) is 0 Å². The molecule has 1 aliphatic rings. The zero-order valence-corrected chi connectivity index (χ0v) is 11.0. The Morgan fingerprint density at radius 1 is 1.44 bits per heavy atom. The highest BCUT2D eigenvalue weighted by atomic mass is 79.9. The first-order chi connectivity index (χ1) is 7.40. The number of fused-ring (bicyclic) bond motifs is 1. The van der Waals surface area contributed by atoms with E-state index in [4.69, 9.17) is 0 Å². The van der Waals surface area contributed by atoms with Crippen LogP contribution in [0.25, 0.3) is 5.57 Å². The standard InChI is InChI=1S/C11H11BrO3S/c1-7(13)4-8-6-16(14,15)11-5-9(12)2-3-10(8)11/h2-3,5-7,13H,4H2,1H3. The Kier molecular flexibility index (Phi) is 2.94. The SMILES string of the molecule is CC(O)CC1=CS(=O)(=O)c2cc(Br)ccc21. The molecule has 1 unspecified atom stereocenters. The van der Waals surface area contributed by atoms with Gasteiger partial charge < -0.3 is 5.11 Å². The van der Waals surface area contributed by atoms with Gasteiger partial charge in [0, 0.05) is 9.88 Å². The van der Waals surface area contributed by atoms with Crippen LogP contribution in [0.15, 0.2) is 33.0 Å². The fraction of sp³-hybridized carbons (Fsp3) is 0.273. The largest absolute Gasteiger partial charge is 0.393 e. The summed E-state index contributed by atoms with van der Waals surface area (Å²) in [4.78, 5) is 0.317. The summed E-state index contributed by atoms with van der Waals surface area (Å²) in [6.45, 7) is 1.64. The highest BCUT2D eigenvalue weighted by molar-refractivity contribution is 9.10. The summed E-state index contributed by atoms with van der Waals surface area (Å²) < 4.78 is 24.4. The van der Waals surface area contributed by atoms with Crippen LogP contribution < -0.4 is 0 Å². The van der Waals surface area contributed by atoms with Crippen molar-refractivity contribution in [2.24, 2.45) is 0 Å². The van der Waals surface area contributed by atoms with Gasteiger partial charge in [-0.05, 0) is 36.6 Å². The Morgan fingerprint density at radius 2 is 2.12 bits per heavy atom. The van der Waals surface area contributed by atoms with Crippen molar-refractivity contribution in [3.63, 3.8) is 0 Å². The molecule has 5 heteroatoms. The zero-order chi connectivity index (χ0) is 11.9. The summed E-state index contributed by atoms with van der Waals surface area (Å²) in [6.07, 6.45) is -0.190. The van der Waals surface area contributed by atoms with Crippen LogP contribution in [0.1, 0.15) is 18.9 Å². The molecule has 1 atom stereocenters. The van der Waals surface area contributed by atoms with Crippen LogP contribution in [-0.4, -0.2) is 19.6 Å². The fourth-order valence-electron chi connectivity index (χ4n) is 1.79. The van der Waals surface area contributed by atoms with E-state index in [1.807, 2.05) is 0 Å². The molecule has 0 radical (unpaired) electrons. The first kappa shape index (κ1) is 11.8. The van der Waals surface area contributed by atoms with E-state index in [1.54, 1.807) is 25.1 Å². The van der Waals surface area contributed by atoms with Gasteiger partial charge in [0.15, 0.2) is 0 Å². The second kappa shape index (κ2) is 3.98. The molecule has 0 saturated carbocycles. The van der Waals surface area contributed by atoms with Crippen molar-refractivity contribution in [2.75, 3.05) is 0 Å². The number of benzene rings is 1. The minimum atomic E-state index is -3.33. The molecule has 1 aromatic rings. The van der Waals surface area contributed by atoms with Crippen LogP contribution >= 0.6 is 15.9 Å². The maximum absolute atomic E-state index is 11.8. The number of rotatable bonds is 2. The van der Waals surface area contributed by atoms with Gasteiger partial charge in [0.1, 0.15) is 0 Å². The van der Waals surface area contributed by atoms with Crippen LogP contribution in [0.5, 0.6) is 0 Å². The highest BCUT2D eigenvalue weighted by Gasteiger charge is 2.27. The Labute approximate surface area is 103 Å². The Hall–Kier alpha value is -0.650. The first-order valence-electron chi connectivity index (χ1n) is 4.84. The molecule has 16 heavy (non-hydrogen) atoms. The molecule has 0 saturated heterocycles. The van der Waals surface area contributed by atoms with Gasteiger partial charge in [-0.3, -0.25) is 0 Å². The lowest BCUT2D eigenvalue weighted by Crippen LogP contribution is -1.99. The van der Waals surface area contributed by atoms with Crippen molar-refractivity contribution >= 4 is 31.3 Å². The minimum Gasteiger partial charge on any atom is -0.393 e. The van der Waals surface area contributed by atoms with Crippen molar-refractivity contribution in [3.05, 3.63) is 33.6 Å². The predicted octanol–water partition coefficient (Wildman–Crippen LogP) is 2.35. The van der Waals surface area contributed by atoms with Gasteiger partial charge in [-0.25, -0.2) is 8.42 Å². The van der Waals surface area contributed by atoms with Crippen LogP contribution in [-0.2, 0) is 9.84 Å². The Morgan fingerprint density at radius 3 is 2.75 bits per heavy atom. The number of hydrogen-bond acceptors (Lipinski definition) is 3. The summed E-state index contributed by atoms with van der Waals surface area (Å²) in [5, 5.41) is 10.6. The molecule has 1 aromatic carbocycles. The number of aliphatic hydroxyl groups is 1. The quantitative estimate of drug-likeness (QED) is 0.912. The molecule has 2 rings (SSSR count). The van der Waals surface area contributed by atoms with Crippen molar-refractivity contribution < 1.29 is 13.5 Å². The van der Waals surface area contributed by atoms with Gasteiger partial charge in [-0.1, -0.05) is 22.0 Å². The third-order valence-corrected chi connectivity index (χ3v) is 4.45. The van der Waals surface area contributed by atoms with Gasteiger partial charge in [0.05, 0.1) is 11.0 Å². The van der Waals surface area contributed by atoms with Crippen LogP contribution in [0.4, 0.5) is 0 Å². The molecule has 1 heterocycles. The topological polar surface area (TPSA) is 54.4 Å². The average Bonchev–Trinajstić information content (AvgIpc) is 2.37. The smallest absolute Gasteiger partial charge is 0.200 e. The molecular formula is C11H11BrO3S. The minimum absolute atomic E-state index is 0.317. The molecule has 1 N–H and O–H groups in total. The lowest BCUT2D eigenvalue weighted by Gasteiger charge is -2.06. The van der Waals surface area contributed by atoms with Crippen LogP contribution in [0.2, 0.25) is 0 Å². The van der Waals surface area contributed by atoms with Gasteiger partial charge >= 0.3 is 0 Å². The summed E-state index contributed by atoms with van der Waals surface area (Å²) >= 11 is 3.25. The van der Waals surface area contributed by atoms with E-state index < -0.39 is 15.9 Å². The number of hydrogen-bond donors (Lipinski definition) is 1. The first-order valence-corrected chi connectivity index (χ1v) is 7.18. The van der Waals surface area contributed by atoms with E-state index in [0.717, 1.165) is 4.47 Å². The van der Waals surface area contributed by atoms with E-state index in [0.29, 0.717) is 22.5 Å².